The quantitative estimate of drug-likeness (QED) is 0.369. The van der Waals surface area contributed by atoms with Crippen molar-refractivity contribution in [2.45, 2.75) is 19.5 Å². The van der Waals surface area contributed by atoms with Gasteiger partial charge in [-0.25, -0.2) is 9.59 Å². The summed E-state index contributed by atoms with van der Waals surface area (Å²) in [4.78, 5) is 45.2. The van der Waals surface area contributed by atoms with Crippen molar-refractivity contribution < 1.29 is 23.9 Å². The molecular formula is C30H27N3O5. The van der Waals surface area contributed by atoms with Crippen LogP contribution in [-0.2, 0) is 33.8 Å². The Hall–Kier alpha value is -4.56. The topological polar surface area (TPSA) is 97.8 Å². The van der Waals surface area contributed by atoms with Crippen LogP contribution in [0.3, 0.4) is 0 Å². The minimum Gasteiger partial charge on any atom is -0.465 e. The second kappa shape index (κ2) is 11.2. The van der Waals surface area contributed by atoms with E-state index in [4.69, 9.17) is 14.5 Å². The van der Waals surface area contributed by atoms with Crippen molar-refractivity contribution >= 4 is 34.4 Å². The van der Waals surface area contributed by atoms with Gasteiger partial charge in [0, 0.05) is 42.7 Å². The number of pyridine rings is 1. The number of carbonyl (C=O) groups is 3. The number of methoxy groups -OCH3 is 1. The van der Waals surface area contributed by atoms with E-state index >= 15 is 0 Å². The number of esters is 2. The van der Waals surface area contributed by atoms with Crippen LogP contribution in [0.15, 0.2) is 78.9 Å². The predicted octanol–water partition coefficient (Wildman–Crippen LogP) is 4.38. The van der Waals surface area contributed by atoms with Crippen LogP contribution in [0.2, 0.25) is 0 Å². The van der Waals surface area contributed by atoms with Gasteiger partial charge < -0.3 is 14.8 Å². The molecule has 1 amide bonds. The van der Waals surface area contributed by atoms with Crippen molar-refractivity contribution in [3.05, 3.63) is 107 Å². The maximum absolute atomic E-state index is 13.5. The molecule has 1 aromatic heterocycles. The van der Waals surface area contributed by atoms with Crippen molar-refractivity contribution in [1.82, 2.24) is 9.88 Å². The van der Waals surface area contributed by atoms with Crippen molar-refractivity contribution in [3.8, 4) is 0 Å². The number of para-hydroxylation sites is 2. The molecule has 0 fully saturated rings. The van der Waals surface area contributed by atoms with Gasteiger partial charge in [-0.3, -0.25) is 14.7 Å². The standard InChI is InChI=1S/C30H27N3O5/c1-37-29(35)22-12-6-8-14-25(22)32-27(34)19-38-30(36)28-21-11-5-7-13-24(21)31-26-15-16-33(18-23(26)28)17-20-9-3-2-4-10-20/h2-14H,15-19H2,1H3,(H,32,34). The van der Waals surface area contributed by atoms with Crippen molar-refractivity contribution in [2.75, 3.05) is 25.6 Å². The highest BCUT2D eigenvalue weighted by molar-refractivity contribution is 6.06. The molecule has 0 saturated heterocycles. The largest absolute Gasteiger partial charge is 0.465 e. The van der Waals surface area contributed by atoms with Crippen molar-refractivity contribution in [2.24, 2.45) is 0 Å². The molecule has 192 valence electrons. The summed E-state index contributed by atoms with van der Waals surface area (Å²) >= 11 is 0. The highest BCUT2D eigenvalue weighted by Crippen LogP contribution is 2.29. The molecule has 0 atom stereocenters. The molecule has 8 nitrogen and oxygen atoms in total. The highest BCUT2D eigenvalue weighted by atomic mass is 16.5. The molecule has 0 spiro atoms. The molecule has 5 rings (SSSR count). The number of nitrogens with zero attached hydrogens (tertiary/aromatic N) is 2. The van der Waals surface area contributed by atoms with E-state index in [-0.39, 0.29) is 11.3 Å². The number of aromatic nitrogens is 1. The van der Waals surface area contributed by atoms with Gasteiger partial charge in [-0.05, 0) is 23.8 Å². The second-order valence-corrected chi connectivity index (χ2v) is 9.04. The van der Waals surface area contributed by atoms with E-state index in [1.165, 1.54) is 12.7 Å². The summed E-state index contributed by atoms with van der Waals surface area (Å²) in [6.07, 6.45) is 0.706. The van der Waals surface area contributed by atoms with Crippen LogP contribution in [-0.4, -0.2) is 48.0 Å². The Morgan fingerprint density at radius 2 is 1.66 bits per heavy atom. The van der Waals surface area contributed by atoms with Gasteiger partial charge in [-0.2, -0.15) is 0 Å². The average Bonchev–Trinajstić information content (AvgIpc) is 2.95. The summed E-state index contributed by atoms with van der Waals surface area (Å²) in [6.45, 7) is 1.62. The molecule has 0 radical (unpaired) electrons. The number of anilines is 1. The lowest BCUT2D eigenvalue weighted by atomic mass is 9.95. The van der Waals surface area contributed by atoms with Gasteiger partial charge in [0.1, 0.15) is 0 Å². The van der Waals surface area contributed by atoms with E-state index in [1.54, 1.807) is 24.3 Å². The van der Waals surface area contributed by atoms with Crippen LogP contribution in [0.5, 0.6) is 0 Å². The molecule has 0 unspecified atom stereocenters. The molecular weight excluding hydrogens is 482 g/mol. The summed E-state index contributed by atoms with van der Waals surface area (Å²) in [6, 6.07) is 24.1. The summed E-state index contributed by atoms with van der Waals surface area (Å²) in [7, 11) is 1.27. The second-order valence-electron chi connectivity index (χ2n) is 9.04. The molecule has 2 heterocycles. The highest BCUT2D eigenvalue weighted by Gasteiger charge is 2.27. The minimum atomic E-state index is -0.585. The Balaban J connectivity index is 1.36. The zero-order valence-electron chi connectivity index (χ0n) is 21.0. The summed E-state index contributed by atoms with van der Waals surface area (Å²) in [5, 5.41) is 3.32. The first-order chi connectivity index (χ1) is 18.5. The Morgan fingerprint density at radius 3 is 2.47 bits per heavy atom. The number of rotatable bonds is 7. The lowest BCUT2D eigenvalue weighted by Crippen LogP contribution is -2.32. The first-order valence-electron chi connectivity index (χ1n) is 12.3. The van der Waals surface area contributed by atoms with Crippen molar-refractivity contribution in [1.29, 1.82) is 0 Å². The molecule has 4 aromatic rings. The third-order valence-electron chi connectivity index (χ3n) is 6.52. The molecule has 0 saturated carbocycles. The molecule has 3 aromatic carbocycles. The van der Waals surface area contributed by atoms with E-state index in [1.807, 2.05) is 42.5 Å². The van der Waals surface area contributed by atoms with Gasteiger partial charge in [0.25, 0.3) is 5.91 Å². The summed E-state index contributed by atoms with van der Waals surface area (Å²) in [5.41, 5.74) is 4.53. The lowest BCUT2D eigenvalue weighted by Gasteiger charge is -2.30. The Bertz CT molecular complexity index is 1500. The number of nitrogens with one attached hydrogen (secondary N) is 1. The number of hydrogen-bond donors (Lipinski definition) is 1. The van der Waals surface area contributed by atoms with Crippen LogP contribution in [0.1, 0.15) is 37.5 Å². The van der Waals surface area contributed by atoms with E-state index < -0.39 is 24.5 Å². The van der Waals surface area contributed by atoms with Crippen LogP contribution < -0.4 is 5.32 Å². The third kappa shape index (κ3) is 5.40. The van der Waals surface area contributed by atoms with Gasteiger partial charge in [-0.15, -0.1) is 0 Å². The van der Waals surface area contributed by atoms with Gasteiger partial charge >= 0.3 is 11.9 Å². The van der Waals surface area contributed by atoms with Crippen LogP contribution >= 0.6 is 0 Å². The Morgan fingerprint density at radius 1 is 0.921 bits per heavy atom. The molecule has 1 aliphatic heterocycles. The van der Waals surface area contributed by atoms with Crippen molar-refractivity contribution in [3.63, 3.8) is 0 Å². The van der Waals surface area contributed by atoms with Crippen LogP contribution in [0, 0.1) is 0 Å². The smallest absolute Gasteiger partial charge is 0.339 e. The first-order valence-corrected chi connectivity index (χ1v) is 12.3. The number of benzene rings is 3. The molecule has 0 bridgehead atoms. The maximum Gasteiger partial charge on any atom is 0.339 e. The molecule has 0 aliphatic carbocycles. The minimum absolute atomic E-state index is 0.211. The van der Waals surface area contributed by atoms with E-state index in [0.29, 0.717) is 29.4 Å². The van der Waals surface area contributed by atoms with Crippen LogP contribution in [0.25, 0.3) is 10.9 Å². The van der Waals surface area contributed by atoms with E-state index in [0.717, 1.165) is 24.3 Å². The number of ether oxygens (including phenoxy) is 2. The zero-order valence-corrected chi connectivity index (χ0v) is 21.0. The summed E-state index contributed by atoms with van der Waals surface area (Å²) < 4.78 is 10.3. The fraction of sp³-hybridized carbons (Fsp3) is 0.200. The van der Waals surface area contributed by atoms with Gasteiger partial charge in [0.2, 0.25) is 0 Å². The van der Waals surface area contributed by atoms with E-state index in [2.05, 4.69) is 22.3 Å². The van der Waals surface area contributed by atoms with Gasteiger partial charge in [-0.1, -0.05) is 60.7 Å². The molecule has 38 heavy (non-hydrogen) atoms. The molecule has 8 heteroatoms. The molecule has 1 aliphatic rings. The van der Waals surface area contributed by atoms with Gasteiger partial charge in [0.05, 0.1) is 29.4 Å². The molecule has 1 N–H and O–H groups in total. The average molecular weight is 510 g/mol. The first kappa shape index (κ1) is 25.1. The number of amides is 1. The van der Waals surface area contributed by atoms with E-state index in [9.17, 15) is 14.4 Å². The predicted molar refractivity (Wildman–Crippen MR) is 143 cm³/mol. The third-order valence-corrected chi connectivity index (χ3v) is 6.52. The number of hydrogen-bond acceptors (Lipinski definition) is 7. The van der Waals surface area contributed by atoms with Crippen LogP contribution in [0.4, 0.5) is 5.69 Å². The lowest BCUT2D eigenvalue weighted by molar-refractivity contribution is -0.119. The summed E-state index contributed by atoms with van der Waals surface area (Å²) in [5.74, 6) is -1.72. The number of fused-ring (bicyclic) bond motifs is 2. The fourth-order valence-corrected chi connectivity index (χ4v) is 4.73. The SMILES string of the molecule is COC(=O)c1ccccc1NC(=O)COC(=O)c1c2c(nc3ccccc13)CCN(Cc1ccccc1)C2. The van der Waals surface area contributed by atoms with Gasteiger partial charge in [0.15, 0.2) is 6.61 Å². The Kier molecular flexibility index (Phi) is 7.42. The normalized spacial score (nSPS) is 13.0. The monoisotopic (exact) mass is 509 g/mol. The Labute approximate surface area is 220 Å². The zero-order chi connectivity index (χ0) is 26.5. The maximum atomic E-state index is 13.5. The fourth-order valence-electron chi connectivity index (χ4n) is 4.73. The number of carbonyl (C=O) groups excluding carboxylic acids is 3.